The Morgan fingerprint density at radius 1 is 1.18 bits per heavy atom. The molecule has 1 atom stereocenters. The van der Waals surface area contributed by atoms with Crippen molar-refractivity contribution in [3.63, 3.8) is 0 Å². The Balaban J connectivity index is 1.46. The number of nitrogens with one attached hydrogen (secondary N) is 2. The van der Waals surface area contributed by atoms with Crippen LogP contribution in [0.2, 0.25) is 10.0 Å². The van der Waals surface area contributed by atoms with Crippen LogP contribution < -0.4 is 10.6 Å². The molecule has 2 heterocycles. The third-order valence-electron chi connectivity index (χ3n) is 4.60. The second-order valence-corrected chi connectivity index (χ2v) is 7.70. The van der Waals surface area contributed by atoms with E-state index in [0.717, 1.165) is 24.9 Å². The van der Waals surface area contributed by atoms with Crippen LogP contribution in [0.25, 0.3) is 0 Å². The molecule has 1 saturated heterocycles. The summed E-state index contributed by atoms with van der Waals surface area (Å²) in [6.07, 6.45) is 3.16. The van der Waals surface area contributed by atoms with Gasteiger partial charge in [0.25, 0.3) is 0 Å². The van der Waals surface area contributed by atoms with Crippen molar-refractivity contribution in [2.45, 2.75) is 19.4 Å². The van der Waals surface area contributed by atoms with Crippen molar-refractivity contribution >= 4 is 40.8 Å². The zero-order valence-electron chi connectivity index (χ0n) is 15.3. The minimum atomic E-state index is -0.174. The van der Waals surface area contributed by atoms with Crippen molar-refractivity contribution in [2.24, 2.45) is 5.92 Å². The molecule has 1 aliphatic rings. The Morgan fingerprint density at radius 3 is 2.79 bits per heavy atom. The molecule has 1 unspecified atom stereocenters. The Morgan fingerprint density at radius 2 is 2.04 bits per heavy atom. The fraction of sp³-hybridized carbons (Fsp3) is 0.350. The van der Waals surface area contributed by atoms with E-state index in [0.29, 0.717) is 29.0 Å². The second kappa shape index (κ2) is 9.87. The van der Waals surface area contributed by atoms with Crippen molar-refractivity contribution in [1.29, 1.82) is 0 Å². The number of pyridine rings is 1. The molecule has 8 heteroatoms. The number of benzene rings is 1. The zero-order chi connectivity index (χ0) is 19.9. The fourth-order valence-electron chi connectivity index (χ4n) is 3.20. The average Bonchev–Trinajstić information content (AvgIpc) is 2.68. The molecule has 2 aromatic rings. The van der Waals surface area contributed by atoms with E-state index in [2.05, 4.69) is 15.6 Å². The number of halogens is 2. The topological polar surface area (TPSA) is 74.3 Å². The molecule has 2 N–H and O–H groups in total. The van der Waals surface area contributed by atoms with Crippen LogP contribution in [-0.2, 0) is 16.1 Å². The Bertz CT molecular complexity index is 829. The molecule has 1 aromatic heterocycles. The lowest BCUT2D eigenvalue weighted by molar-refractivity contribution is -0.125. The number of rotatable bonds is 6. The number of hydrogen-bond acceptors (Lipinski definition) is 4. The van der Waals surface area contributed by atoms with Gasteiger partial charge in [-0.15, -0.1) is 0 Å². The molecule has 6 nitrogen and oxygen atoms in total. The van der Waals surface area contributed by atoms with Crippen LogP contribution >= 0.6 is 23.2 Å². The molecule has 148 valence electrons. The molecule has 0 bridgehead atoms. The largest absolute Gasteiger partial charge is 0.351 e. The number of aromatic nitrogens is 1. The van der Waals surface area contributed by atoms with Crippen molar-refractivity contribution in [1.82, 2.24) is 15.2 Å². The third-order valence-corrected chi connectivity index (χ3v) is 5.06. The molecule has 0 aliphatic carbocycles. The zero-order valence-corrected chi connectivity index (χ0v) is 16.8. The lowest BCUT2D eigenvalue weighted by Gasteiger charge is -2.31. The van der Waals surface area contributed by atoms with Gasteiger partial charge in [0.2, 0.25) is 11.8 Å². The van der Waals surface area contributed by atoms with Gasteiger partial charge in [-0.05, 0) is 49.2 Å². The molecular formula is C20H22Cl2N4O2. The predicted octanol–water partition coefficient (Wildman–Crippen LogP) is 3.36. The highest BCUT2D eigenvalue weighted by Crippen LogP contribution is 2.19. The molecule has 0 saturated carbocycles. The SMILES string of the molecule is O=C(CN1CCCC(C(=O)Nc2ccc(Cl)cn2)C1)NCc1cccc(Cl)c1. The van der Waals surface area contributed by atoms with Gasteiger partial charge in [-0.2, -0.15) is 0 Å². The number of piperidine rings is 1. The van der Waals surface area contributed by atoms with Crippen molar-refractivity contribution in [3.8, 4) is 0 Å². The predicted molar refractivity (Wildman–Crippen MR) is 110 cm³/mol. The number of hydrogen-bond donors (Lipinski definition) is 2. The standard InChI is InChI=1S/C20H22Cl2N4O2/c21-16-5-1-3-14(9-16)10-24-19(27)13-26-8-2-4-15(12-26)20(28)25-18-7-6-17(22)11-23-18/h1,3,5-7,9,11,15H,2,4,8,10,12-13H2,(H,24,27)(H,23,25,28). The van der Waals surface area contributed by atoms with Gasteiger partial charge in [-0.1, -0.05) is 35.3 Å². The molecule has 1 fully saturated rings. The summed E-state index contributed by atoms with van der Waals surface area (Å²) >= 11 is 11.8. The molecule has 0 radical (unpaired) electrons. The van der Waals surface area contributed by atoms with Gasteiger partial charge in [-0.3, -0.25) is 14.5 Å². The number of anilines is 1. The van der Waals surface area contributed by atoms with E-state index < -0.39 is 0 Å². The van der Waals surface area contributed by atoms with Crippen LogP contribution in [0.5, 0.6) is 0 Å². The maximum atomic E-state index is 12.5. The van der Waals surface area contributed by atoms with E-state index in [1.165, 1.54) is 6.20 Å². The summed E-state index contributed by atoms with van der Waals surface area (Å²) in [6, 6.07) is 10.7. The summed E-state index contributed by atoms with van der Waals surface area (Å²) in [5.74, 6) is 0.150. The highest BCUT2D eigenvalue weighted by atomic mass is 35.5. The monoisotopic (exact) mass is 420 g/mol. The average molecular weight is 421 g/mol. The lowest BCUT2D eigenvalue weighted by atomic mass is 9.97. The highest BCUT2D eigenvalue weighted by Gasteiger charge is 2.27. The Kier molecular flexibility index (Phi) is 7.25. The van der Waals surface area contributed by atoms with Crippen molar-refractivity contribution < 1.29 is 9.59 Å². The molecule has 1 aromatic carbocycles. The summed E-state index contributed by atoms with van der Waals surface area (Å²) < 4.78 is 0. The number of carbonyl (C=O) groups excluding carboxylic acids is 2. The van der Waals surface area contributed by atoms with E-state index in [9.17, 15) is 9.59 Å². The molecule has 2 amide bonds. The third kappa shape index (κ3) is 6.19. The summed E-state index contributed by atoms with van der Waals surface area (Å²) in [5.41, 5.74) is 0.951. The van der Waals surface area contributed by atoms with Gasteiger partial charge in [0.05, 0.1) is 17.5 Å². The van der Waals surface area contributed by atoms with Crippen LogP contribution in [0, 0.1) is 5.92 Å². The number of likely N-dealkylation sites (tertiary alicyclic amines) is 1. The van der Waals surface area contributed by atoms with E-state index >= 15 is 0 Å². The molecule has 1 aliphatic heterocycles. The van der Waals surface area contributed by atoms with Crippen LogP contribution in [-0.4, -0.2) is 41.3 Å². The van der Waals surface area contributed by atoms with Gasteiger partial charge in [0.15, 0.2) is 0 Å². The first-order valence-corrected chi connectivity index (χ1v) is 9.91. The van der Waals surface area contributed by atoms with E-state index in [1.807, 2.05) is 23.1 Å². The minimum absolute atomic E-state index is 0.0691. The molecule has 3 rings (SSSR count). The molecule has 28 heavy (non-hydrogen) atoms. The number of nitrogens with zero attached hydrogens (tertiary/aromatic N) is 2. The molecule has 0 spiro atoms. The Hall–Kier alpha value is -2.15. The Labute approximate surface area is 174 Å². The maximum absolute atomic E-state index is 12.5. The second-order valence-electron chi connectivity index (χ2n) is 6.83. The maximum Gasteiger partial charge on any atom is 0.234 e. The first kappa shape index (κ1) is 20.6. The first-order valence-electron chi connectivity index (χ1n) is 9.15. The number of amides is 2. The summed E-state index contributed by atoms with van der Waals surface area (Å²) in [6.45, 7) is 2.04. The van der Waals surface area contributed by atoms with E-state index in [4.69, 9.17) is 23.2 Å². The van der Waals surface area contributed by atoms with Crippen LogP contribution in [0.3, 0.4) is 0 Å². The minimum Gasteiger partial charge on any atom is -0.351 e. The van der Waals surface area contributed by atoms with Crippen molar-refractivity contribution in [2.75, 3.05) is 25.0 Å². The van der Waals surface area contributed by atoms with Gasteiger partial charge in [0, 0.05) is 24.3 Å². The highest BCUT2D eigenvalue weighted by molar-refractivity contribution is 6.30. The van der Waals surface area contributed by atoms with Crippen LogP contribution in [0.15, 0.2) is 42.6 Å². The normalized spacial score (nSPS) is 17.1. The fourth-order valence-corrected chi connectivity index (χ4v) is 3.52. The van der Waals surface area contributed by atoms with Crippen LogP contribution in [0.1, 0.15) is 18.4 Å². The van der Waals surface area contributed by atoms with Gasteiger partial charge < -0.3 is 10.6 Å². The molecular weight excluding hydrogens is 399 g/mol. The van der Waals surface area contributed by atoms with Crippen molar-refractivity contribution in [3.05, 3.63) is 58.2 Å². The van der Waals surface area contributed by atoms with Crippen LogP contribution in [0.4, 0.5) is 5.82 Å². The summed E-state index contributed by atoms with van der Waals surface area (Å²) in [7, 11) is 0. The van der Waals surface area contributed by atoms with Gasteiger partial charge >= 0.3 is 0 Å². The van der Waals surface area contributed by atoms with E-state index in [-0.39, 0.29) is 24.3 Å². The van der Waals surface area contributed by atoms with E-state index in [1.54, 1.807) is 18.2 Å². The van der Waals surface area contributed by atoms with Gasteiger partial charge in [0.1, 0.15) is 5.82 Å². The number of carbonyl (C=O) groups is 2. The summed E-state index contributed by atoms with van der Waals surface area (Å²) in [5, 5.41) is 6.88. The van der Waals surface area contributed by atoms with Gasteiger partial charge in [-0.25, -0.2) is 4.98 Å². The first-order chi connectivity index (χ1) is 13.5. The summed E-state index contributed by atoms with van der Waals surface area (Å²) in [4.78, 5) is 30.9. The lowest BCUT2D eigenvalue weighted by Crippen LogP contribution is -2.45. The quantitative estimate of drug-likeness (QED) is 0.750. The smallest absolute Gasteiger partial charge is 0.234 e.